The van der Waals surface area contributed by atoms with Gasteiger partial charge in [-0.1, -0.05) is 60.7 Å². The standard InChI is InChI=1S/C37H21N5/c1-2-10-31-27(8-1)33(28-14-11-22-6-3-17-38-34(22)37(28)42-31)32-16-13-24-20-23(12-15-30(24)41-32)29-21-25-7-4-18-39-35(25)36-26(29)9-5-19-40-36/h1-21H. The molecule has 0 aliphatic heterocycles. The average molecular weight is 536 g/mol. The molecule has 9 rings (SSSR count). The van der Waals surface area contributed by atoms with Crippen molar-refractivity contribution in [2.45, 2.75) is 0 Å². The van der Waals surface area contributed by atoms with Crippen molar-refractivity contribution in [1.29, 1.82) is 0 Å². The van der Waals surface area contributed by atoms with E-state index >= 15 is 0 Å². The average Bonchev–Trinajstić information content (AvgIpc) is 3.06. The molecule has 0 fully saturated rings. The molecule has 0 saturated carbocycles. The summed E-state index contributed by atoms with van der Waals surface area (Å²) in [6, 6.07) is 37.8. The Bertz CT molecular complexity index is 2540. The van der Waals surface area contributed by atoms with Crippen LogP contribution in [0.15, 0.2) is 128 Å². The Hall–Kier alpha value is -5.81. The van der Waals surface area contributed by atoms with E-state index in [0.717, 1.165) is 87.8 Å². The lowest BCUT2D eigenvalue weighted by atomic mass is 9.95. The number of benzene rings is 4. The van der Waals surface area contributed by atoms with Gasteiger partial charge in [0.15, 0.2) is 0 Å². The second kappa shape index (κ2) is 8.85. The van der Waals surface area contributed by atoms with E-state index in [9.17, 15) is 0 Å². The lowest BCUT2D eigenvalue weighted by Crippen LogP contribution is -1.94. The van der Waals surface area contributed by atoms with E-state index in [0.29, 0.717) is 0 Å². The van der Waals surface area contributed by atoms with Crippen molar-refractivity contribution in [3.63, 3.8) is 0 Å². The highest BCUT2D eigenvalue weighted by atomic mass is 14.8. The van der Waals surface area contributed by atoms with Gasteiger partial charge < -0.3 is 0 Å². The fourth-order valence-electron chi connectivity index (χ4n) is 6.22. The second-order valence-electron chi connectivity index (χ2n) is 10.5. The van der Waals surface area contributed by atoms with Gasteiger partial charge in [-0.15, -0.1) is 0 Å². The van der Waals surface area contributed by atoms with Gasteiger partial charge >= 0.3 is 0 Å². The van der Waals surface area contributed by atoms with Gasteiger partial charge in [-0.3, -0.25) is 15.0 Å². The number of rotatable bonds is 2. The summed E-state index contributed by atoms with van der Waals surface area (Å²) < 4.78 is 0. The van der Waals surface area contributed by atoms with Crippen LogP contribution < -0.4 is 0 Å². The van der Waals surface area contributed by atoms with Crippen LogP contribution in [0.2, 0.25) is 0 Å². The Morgan fingerprint density at radius 3 is 2.05 bits per heavy atom. The Balaban J connectivity index is 1.26. The maximum absolute atomic E-state index is 5.20. The third-order valence-corrected chi connectivity index (χ3v) is 8.14. The maximum atomic E-state index is 5.20. The van der Waals surface area contributed by atoms with E-state index in [1.165, 1.54) is 0 Å². The summed E-state index contributed by atoms with van der Waals surface area (Å²) in [5.74, 6) is 0. The van der Waals surface area contributed by atoms with Crippen molar-refractivity contribution in [2.75, 3.05) is 0 Å². The lowest BCUT2D eigenvalue weighted by Gasteiger charge is -2.13. The first-order valence-electron chi connectivity index (χ1n) is 13.9. The molecule has 0 atom stereocenters. The minimum atomic E-state index is 0.894. The van der Waals surface area contributed by atoms with Crippen LogP contribution in [0.3, 0.4) is 0 Å². The van der Waals surface area contributed by atoms with Gasteiger partial charge in [-0.2, -0.15) is 0 Å². The summed E-state index contributed by atoms with van der Waals surface area (Å²) in [4.78, 5) is 24.2. The monoisotopic (exact) mass is 535 g/mol. The Morgan fingerprint density at radius 1 is 0.405 bits per heavy atom. The van der Waals surface area contributed by atoms with Crippen LogP contribution in [-0.2, 0) is 0 Å². The molecule has 42 heavy (non-hydrogen) atoms. The Morgan fingerprint density at radius 2 is 1.14 bits per heavy atom. The summed E-state index contributed by atoms with van der Waals surface area (Å²) in [5, 5.41) is 6.44. The highest BCUT2D eigenvalue weighted by Gasteiger charge is 2.16. The molecule has 0 amide bonds. The molecule has 0 saturated heterocycles. The molecule has 5 heterocycles. The molecule has 5 heteroatoms. The number of nitrogens with zero attached hydrogens (tertiary/aromatic N) is 5. The van der Waals surface area contributed by atoms with Crippen LogP contribution in [0.4, 0.5) is 0 Å². The maximum Gasteiger partial charge on any atom is 0.0979 e. The number of aromatic nitrogens is 5. The minimum absolute atomic E-state index is 0.894. The third kappa shape index (κ3) is 3.40. The van der Waals surface area contributed by atoms with Crippen molar-refractivity contribution in [1.82, 2.24) is 24.9 Å². The molecule has 0 unspecified atom stereocenters. The smallest absolute Gasteiger partial charge is 0.0979 e. The molecule has 0 radical (unpaired) electrons. The molecule has 0 aliphatic rings. The van der Waals surface area contributed by atoms with Crippen LogP contribution in [0.1, 0.15) is 0 Å². The summed E-state index contributed by atoms with van der Waals surface area (Å²) >= 11 is 0. The number of para-hydroxylation sites is 1. The predicted octanol–water partition coefficient (Wildman–Crippen LogP) is 8.91. The summed E-state index contributed by atoms with van der Waals surface area (Å²) in [7, 11) is 0. The van der Waals surface area contributed by atoms with E-state index in [4.69, 9.17) is 9.97 Å². The second-order valence-corrected chi connectivity index (χ2v) is 10.5. The number of hydrogen-bond donors (Lipinski definition) is 0. The van der Waals surface area contributed by atoms with E-state index < -0.39 is 0 Å². The third-order valence-electron chi connectivity index (χ3n) is 8.14. The Labute approximate surface area is 240 Å². The quantitative estimate of drug-likeness (QED) is 0.163. The van der Waals surface area contributed by atoms with E-state index in [-0.39, 0.29) is 0 Å². The molecule has 0 spiro atoms. The van der Waals surface area contributed by atoms with Crippen LogP contribution >= 0.6 is 0 Å². The molecule has 5 aromatic heterocycles. The van der Waals surface area contributed by atoms with Gasteiger partial charge in [-0.25, -0.2) is 9.97 Å². The first-order valence-corrected chi connectivity index (χ1v) is 13.9. The number of pyridine rings is 5. The van der Waals surface area contributed by atoms with Gasteiger partial charge in [0.1, 0.15) is 0 Å². The number of fused-ring (bicyclic) bond motifs is 8. The van der Waals surface area contributed by atoms with Crippen LogP contribution in [0.5, 0.6) is 0 Å². The normalized spacial score (nSPS) is 11.8. The van der Waals surface area contributed by atoms with Gasteiger partial charge in [0.25, 0.3) is 0 Å². The van der Waals surface area contributed by atoms with Gasteiger partial charge in [0.05, 0.1) is 38.8 Å². The number of hydrogen-bond acceptors (Lipinski definition) is 5. The molecule has 194 valence electrons. The highest BCUT2D eigenvalue weighted by Crippen LogP contribution is 2.38. The van der Waals surface area contributed by atoms with Crippen molar-refractivity contribution in [3.8, 4) is 22.4 Å². The topological polar surface area (TPSA) is 64.5 Å². The van der Waals surface area contributed by atoms with Crippen LogP contribution in [-0.4, -0.2) is 24.9 Å². The summed E-state index contributed by atoms with van der Waals surface area (Å²) in [6.07, 6.45) is 5.48. The van der Waals surface area contributed by atoms with Gasteiger partial charge in [0.2, 0.25) is 0 Å². The molecule has 9 aromatic rings. The van der Waals surface area contributed by atoms with Crippen LogP contribution in [0, 0.1) is 0 Å². The zero-order chi connectivity index (χ0) is 27.6. The summed E-state index contributed by atoms with van der Waals surface area (Å²) in [6.45, 7) is 0. The van der Waals surface area contributed by atoms with Crippen molar-refractivity contribution in [3.05, 3.63) is 128 Å². The predicted molar refractivity (Wildman–Crippen MR) is 171 cm³/mol. The van der Waals surface area contributed by atoms with E-state index in [1.54, 1.807) is 0 Å². The molecule has 0 aliphatic carbocycles. The molecule has 0 N–H and O–H groups in total. The van der Waals surface area contributed by atoms with Crippen molar-refractivity contribution >= 4 is 65.4 Å². The molecule has 5 nitrogen and oxygen atoms in total. The lowest BCUT2D eigenvalue weighted by molar-refractivity contribution is 1.37. The fraction of sp³-hybridized carbons (Fsp3) is 0. The van der Waals surface area contributed by atoms with Gasteiger partial charge in [-0.05, 0) is 59.7 Å². The SMILES string of the molecule is c1cnc2c(c1)cc(-c1ccc3nc(-c4c5ccccc5nc5c4ccc4cccnc45)ccc3c1)c1cccnc12. The van der Waals surface area contributed by atoms with E-state index in [1.807, 2.05) is 42.9 Å². The highest BCUT2D eigenvalue weighted by molar-refractivity contribution is 6.16. The molecule has 4 aromatic carbocycles. The molecule has 0 bridgehead atoms. The zero-order valence-electron chi connectivity index (χ0n) is 22.4. The molecular weight excluding hydrogens is 514 g/mol. The largest absolute Gasteiger partial charge is 0.254 e. The Kier molecular flexibility index (Phi) is 4.83. The van der Waals surface area contributed by atoms with Crippen LogP contribution in [0.25, 0.3) is 87.8 Å². The first kappa shape index (κ1) is 22.9. The van der Waals surface area contributed by atoms with E-state index in [2.05, 4.69) is 99.9 Å². The fourth-order valence-corrected chi connectivity index (χ4v) is 6.22. The first-order chi connectivity index (χ1) is 20.8. The molecular formula is C37H21N5. The minimum Gasteiger partial charge on any atom is -0.254 e. The van der Waals surface area contributed by atoms with Crippen molar-refractivity contribution < 1.29 is 0 Å². The summed E-state index contributed by atoms with van der Waals surface area (Å²) in [5.41, 5.74) is 9.75. The van der Waals surface area contributed by atoms with Gasteiger partial charge in [0, 0.05) is 56.5 Å². The zero-order valence-corrected chi connectivity index (χ0v) is 22.4. The van der Waals surface area contributed by atoms with Crippen molar-refractivity contribution in [2.24, 2.45) is 0 Å².